The lowest BCUT2D eigenvalue weighted by Crippen LogP contribution is -2.34. The summed E-state index contributed by atoms with van der Waals surface area (Å²) >= 11 is 0. The number of anilines is 1. The average Bonchev–Trinajstić information content (AvgIpc) is 2.53. The monoisotopic (exact) mass is 281 g/mol. The highest BCUT2D eigenvalue weighted by Crippen LogP contribution is 2.22. The second kappa shape index (κ2) is 6.72. The smallest absolute Gasteiger partial charge is 0.0545 e. The molecule has 1 aromatic carbocycles. The Morgan fingerprint density at radius 3 is 2.48 bits per heavy atom. The molecule has 1 aliphatic rings. The first kappa shape index (κ1) is 14.1. The van der Waals surface area contributed by atoms with Gasteiger partial charge in [-0.25, -0.2) is 0 Å². The van der Waals surface area contributed by atoms with E-state index in [1.165, 1.54) is 37.9 Å². The van der Waals surface area contributed by atoms with Crippen molar-refractivity contribution in [3.05, 3.63) is 59.9 Å². The maximum Gasteiger partial charge on any atom is 0.0545 e. The first-order valence-electron chi connectivity index (χ1n) is 7.76. The van der Waals surface area contributed by atoms with Crippen LogP contribution in [0.15, 0.2) is 48.7 Å². The Balaban J connectivity index is 1.47. The number of benzene rings is 1. The molecule has 21 heavy (non-hydrogen) atoms. The summed E-state index contributed by atoms with van der Waals surface area (Å²) in [5.74, 6) is 0.822. The van der Waals surface area contributed by atoms with Gasteiger partial charge in [-0.2, -0.15) is 0 Å². The Hall–Kier alpha value is -1.87. The summed E-state index contributed by atoms with van der Waals surface area (Å²) in [7, 11) is 0. The molecule has 2 aromatic rings. The van der Waals surface area contributed by atoms with E-state index in [0.717, 1.165) is 23.8 Å². The van der Waals surface area contributed by atoms with Gasteiger partial charge in [-0.15, -0.1) is 0 Å². The number of likely N-dealkylation sites (tertiary alicyclic amines) is 1. The van der Waals surface area contributed by atoms with Gasteiger partial charge in [0.1, 0.15) is 0 Å². The van der Waals surface area contributed by atoms with Crippen molar-refractivity contribution in [2.45, 2.75) is 25.8 Å². The van der Waals surface area contributed by atoms with E-state index in [9.17, 15) is 0 Å². The van der Waals surface area contributed by atoms with Crippen molar-refractivity contribution in [1.29, 1.82) is 0 Å². The second-order valence-electron chi connectivity index (χ2n) is 5.99. The molecule has 2 N–H and O–H groups in total. The van der Waals surface area contributed by atoms with Crippen molar-refractivity contribution < 1.29 is 0 Å². The van der Waals surface area contributed by atoms with E-state index in [4.69, 9.17) is 5.73 Å². The molecule has 0 atom stereocenters. The van der Waals surface area contributed by atoms with Crippen molar-refractivity contribution in [1.82, 2.24) is 9.88 Å². The van der Waals surface area contributed by atoms with Crippen LogP contribution in [-0.2, 0) is 13.0 Å². The molecule has 110 valence electrons. The molecule has 3 nitrogen and oxygen atoms in total. The summed E-state index contributed by atoms with van der Waals surface area (Å²) in [6, 6.07) is 14.8. The lowest BCUT2D eigenvalue weighted by atomic mass is 9.90. The minimum Gasteiger partial charge on any atom is -0.397 e. The predicted octanol–water partition coefficient (Wildman–Crippen LogP) is 3.12. The van der Waals surface area contributed by atoms with E-state index in [1.807, 2.05) is 12.1 Å². The number of hydrogen-bond acceptors (Lipinski definition) is 3. The van der Waals surface area contributed by atoms with E-state index in [-0.39, 0.29) is 0 Å². The number of hydrogen-bond donors (Lipinski definition) is 1. The number of piperidine rings is 1. The van der Waals surface area contributed by atoms with Crippen LogP contribution in [0.4, 0.5) is 5.69 Å². The van der Waals surface area contributed by atoms with Crippen LogP contribution in [0.3, 0.4) is 0 Å². The van der Waals surface area contributed by atoms with Gasteiger partial charge in [0, 0.05) is 6.54 Å². The number of rotatable bonds is 4. The SMILES string of the molecule is Nc1ccc(CN2CCC(Cc3ccccc3)CC2)nc1. The van der Waals surface area contributed by atoms with E-state index in [0.29, 0.717) is 0 Å². The average molecular weight is 281 g/mol. The highest BCUT2D eigenvalue weighted by Gasteiger charge is 2.19. The molecular formula is C18H23N3. The lowest BCUT2D eigenvalue weighted by Gasteiger charge is -2.31. The standard InChI is InChI=1S/C18H23N3/c19-17-6-7-18(20-13-17)14-21-10-8-16(9-11-21)12-15-4-2-1-3-5-15/h1-7,13,16H,8-12,14,19H2. The molecule has 0 spiro atoms. The van der Waals surface area contributed by atoms with Crippen LogP contribution in [0, 0.1) is 5.92 Å². The molecule has 0 unspecified atom stereocenters. The number of nitrogens with zero attached hydrogens (tertiary/aromatic N) is 2. The fourth-order valence-electron chi connectivity index (χ4n) is 3.05. The topological polar surface area (TPSA) is 42.1 Å². The minimum atomic E-state index is 0.736. The van der Waals surface area contributed by atoms with Gasteiger partial charge in [0.05, 0.1) is 17.6 Å². The molecule has 0 saturated carbocycles. The molecule has 0 amide bonds. The molecule has 0 bridgehead atoms. The van der Waals surface area contributed by atoms with Gasteiger partial charge < -0.3 is 5.73 Å². The van der Waals surface area contributed by atoms with Crippen molar-refractivity contribution in [2.24, 2.45) is 5.92 Å². The summed E-state index contributed by atoms with van der Waals surface area (Å²) < 4.78 is 0. The maximum atomic E-state index is 5.68. The van der Waals surface area contributed by atoms with Crippen LogP contribution < -0.4 is 5.73 Å². The Morgan fingerprint density at radius 1 is 1.05 bits per heavy atom. The van der Waals surface area contributed by atoms with Crippen LogP contribution in [0.25, 0.3) is 0 Å². The Labute approximate surface area is 126 Å². The minimum absolute atomic E-state index is 0.736. The van der Waals surface area contributed by atoms with E-state index in [2.05, 4.69) is 40.2 Å². The molecule has 2 heterocycles. The molecule has 1 saturated heterocycles. The number of nitrogen functional groups attached to an aromatic ring is 1. The van der Waals surface area contributed by atoms with Gasteiger partial charge in [0.2, 0.25) is 0 Å². The zero-order valence-electron chi connectivity index (χ0n) is 12.4. The van der Waals surface area contributed by atoms with Crippen molar-refractivity contribution >= 4 is 5.69 Å². The van der Waals surface area contributed by atoms with Gasteiger partial charge >= 0.3 is 0 Å². The first-order valence-corrected chi connectivity index (χ1v) is 7.76. The Kier molecular flexibility index (Phi) is 4.51. The predicted molar refractivity (Wildman–Crippen MR) is 86.8 cm³/mol. The van der Waals surface area contributed by atoms with Gasteiger partial charge in [0.25, 0.3) is 0 Å². The Morgan fingerprint density at radius 2 is 1.81 bits per heavy atom. The molecule has 1 fully saturated rings. The largest absolute Gasteiger partial charge is 0.397 e. The van der Waals surface area contributed by atoms with Crippen LogP contribution in [0.5, 0.6) is 0 Å². The van der Waals surface area contributed by atoms with Gasteiger partial charge in [-0.3, -0.25) is 9.88 Å². The number of pyridine rings is 1. The summed E-state index contributed by atoms with van der Waals surface area (Å²) in [5, 5.41) is 0. The zero-order chi connectivity index (χ0) is 14.5. The molecule has 1 aliphatic heterocycles. The lowest BCUT2D eigenvalue weighted by molar-refractivity contribution is 0.175. The molecule has 0 aliphatic carbocycles. The van der Waals surface area contributed by atoms with Gasteiger partial charge in [-0.05, 0) is 56.0 Å². The summed E-state index contributed by atoms with van der Waals surface area (Å²) in [6.07, 6.45) is 5.53. The summed E-state index contributed by atoms with van der Waals surface area (Å²) in [4.78, 5) is 6.89. The van der Waals surface area contributed by atoms with Crippen LogP contribution in [0.1, 0.15) is 24.1 Å². The van der Waals surface area contributed by atoms with Gasteiger partial charge in [0.15, 0.2) is 0 Å². The van der Waals surface area contributed by atoms with Crippen LogP contribution in [-0.4, -0.2) is 23.0 Å². The number of nitrogens with two attached hydrogens (primary N) is 1. The molecule has 3 rings (SSSR count). The third kappa shape index (κ3) is 4.05. The van der Waals surface area contributed by atoms with E-state index in [1.54, 1.807) is 6.20 Å². The number of aromatic nitrogens is 1. The fraction of sp³-hybridized carbons (Fsp3) is 0.389. The molecular weight excluding hydrogens is 258 g/mol. The molecule has 1 aromatic heterocycles. The maximum absolute atomic E-state index is 5.68. The second-order valence-corrected chi connectivity index (χ2v) is 5.99. The van der Waals surface area contributed by atoms with Crippen molar-refractivity contribution in [3.8, 4) is 0 Å². The van der Waals surface area contributed by atoms with Crippen molar-refractivity contribution in [2.75, 3.05) is 18.8 Å². The van der Waals surface area contributed by atoms with E-state index >= 15 is 0 Å². The van der Waals surface area contributed by atoms with Crippen LogP contribution >= 0.6 is 0 Å². The summed E-state index contributed by atoms with van der Waals surface area (Å²) in [5.41, 5.74) is 9.00. The van der Waals surface area contributed by atoms with Crippen molar-refractivity contribution in [3.63, 3.8) is 0 Å². The first-order chi connectivity index (χ1) is 10.3. The highest BCUT2D eigenvalue weighted by atomic mass is 15.1. The van der Waals surface area contributed by atoms with E-state index < -0.39 is 0 Å². The van der Waals surface area contributed by atoms with Crippen LogP contribution in [0.2, 0.25) is 0 Å². The zero-order valence-corrected chi connectivity index (χ0v) is 12.4. The molecule has 3 heteroatoms. The molecule has 0 radical (unpaired) electrons. The third-order valence-corrected chi connectivity index (χ3v) is 4.31. The Bertz CT molecular complexity index is 542. The third-order valence-electron chi connectivity index (χ3n) is 4.31. The fourth-order valence-corrected chi connectivity index (χ4v) is 3.05. The normalized spacial score (nSPS) is 17.0. The highest BCUT2D eigenvalue weighted by molar-refractivity contribution is 5.34. The van der Waals surface area contributed by atoms with Gasteiger partial charge in [-0.1, -0.05) is 30.3 Å². The summed E-state index contributed by atoms with van der Waals surface area (Å²) in [6.45, 7) is 3.28. The quantitative estimate of drug-likeness (QED) is 0.936.